The molecule has 0 fully saturated rings. The van der Waals surface area contributed by atoms with Crippen molar-refractivity contribution >= 4 is 99.1 Å². The number of nitrogens with zero attached hydrogens (tertiary/aromatic N) is 2. The monoisotopic (exact) mass is 520 g/mol. The van der Waals surface area contributed by atoms with Crippen LogP contribution in [0.1, 0.15) is 18.1 Å². The Bertz CT molecular complexity index is 2760. The molecule has 0 amide bonds. The predicted molar refractivity (Wildman–Crippen MR) is 178 cm³/mol. The Morgan fingerprint density at radius 3 is 1.54 bits per heavy atom. The van der Waals surface area contributed by atoms with E-state index in [2.05, 4.69) is 132 Å². The predicted octanol–water partition coefficient (Wildman–Crippen LogP) is 10.8. The van der Waals surface area contributed by atoms with E-state index in [0.717, 1.165) is 5.56 Å². The van der Waals surface area contributed by atoms with Crippen molar-refractivity contribution in [1.82, 2.24) is 8.80 Å². The van der Waals surface area contributed by atoms with Gasteiger partial charge in [-0.3, -0.25) is 0 Å². The molecule has 0 aliphatic heterocycles. The zero-order chi connectivity index (χ0) is 27.0. The summed E-state index contributed by atoms with van der Waals surface area (Å²) in [5.41, 5.74) is 10.0. The SMILES string of the molecule is C=Cc1cc2c(cc1/C=C\C)c1cccc3c4cc5c(cc4n2c13)c1cccc2c3cc4ccccc4cc3n5c21. The van der Waals surface area contributed by atoms with E-state index < -0.39 is 0 Å². The fourth-order valence-electron chi connectivity index (χ4n) is 7.71. The molecule has 4 heterocycles. The van der Waals surface area contributed by atoms with E-state index in [-0.39, 0.29) is 0 Å². The van der Waals surface area contributed by atoms with E-state index in [1.165, 1.54) is 92.5 Å². The lowest BCUT2D eigenvalue weighted by Gasteiger charge is -2.05. The van der Waals surface area contributed by atoms with Crippen LogP contribution in [0.4, 0.5) is 0 Å². The van der Waals surface area contributed by atoms with Gasteiger partial charge in [-0.25, -0.2) is 0 Å². The molecule has 0 unspecified atom stereocenters. The third-order valence-corrected chi connectivity index (χ3v) is 9.39. The molecule has 10 aromatic rings. The van der Waals surface area contributed by atoms with Crippen molar-refractivity contribution < 1.29 is 0 Å². The van der Waals surface area contributed by atoms with Gasteiger partial charge in [0.1, 0.15) is 0 Å². The summed E-state index contributed by atoms with van der Waals surface area (Å²) in [7, 11) is 0. The van der Waals surface area contributed by atoms with Crippen molar-refractivity contribution in [1.29, 1.82) is 0 Å². The molecule has 41 heavy (non-hydrogen) atoms. The minimum atomic E-state index is 1.16. The van der Waals surface area contributed by atoms with E-state index in [1.807, 2.05) is 6.08 Å². The molecular weight excluding hydrogens is 496 g/mol. The quantitative estimate of drug-likeness (QED) is 0.214. The van der Waals surface area contributed by atoms with Crippen LogP contribution in [0.5, 0.6) is 0 Å². The van der Waals surface area contributed by atoms with Crippen LogP contribution in [0.2, 0.25) is 0 Å². The van der Waals surface area contributed by atoms with Crippen molar-refractivity contribution in [2.45, 2.75) is 6.92 Å². The summed E-state index contributed by atoms with van der Waals surface area (Å²) >= 11 is 0. The van der Waals surface area contributed by atoms with Gasteiger partial charge in [0, 0.05) is 43.1 Å². The lowest BCUT2D eigenvalue weighted by atomic mass is 10.0. The number of benzene rings is 6. The molecule has 0 aliphatic rings. The lowest BCUT2D eigenvalue weighted by molar-refractivity contribution is 1.36. The average Bonchev–Trinajstić information content (AvgIpc) is 3.71. The zero-order valence-electron chi connectivity index (χ0n) is 22.6. The van der Waals surface area contributed by atoms with Crippen LogP contribution in [0.25, 0.3) is 99.1 Å². The van der Waals surface area contributed by atoms with Gasteiger partial charge >= 0.3 is 0 Å². The number of hydrogen-bond donors (Lipinski definition) is 0. The van der Waals surface area contributed by atoms with Gasteiger partial charge in [0.05, 0.1) is 33.1 Å². The summed E-state index contributed by atoms with van der Waals surface area (Å²) < 4.78 is 4.99. The van der Waals surface area contributed by atoms with Crippen LogP contribution in [0.3, 0.4) is 0 Å². The number of allylic oxidation sites excluding steroid dienone is 1. The summed E-state index contributed by atoms with van der Waals surface area (Å²) in [6, 6.07) is 36.5. The Kier molecular flexibility index (Phi) is 3.79. The molecule has 0 spiro atoms. The highest BCUT2D eigenvalue weighted by molar-refractivity contribution is 6.29. The van der Waals surface area contributed by atoms with Crippen LogP contribution in [-0.2, 0) is 0 Å². The van der Waals surface area contributed by atoms with Gasteiger partial charge in [-0.05, 0) is 65.2 Å². The minimum absolute atomic E-state index is 1.16. The Morgan fingerprint density at radius 2 is 0.976 bits per heavy atom. The first-order chi connectivity index (χ1) is 20.2. The summed E-state index contributed by atoms with van der Waals surface area (Å²) in [5, 5.41) is 13.0. The summed E-state index contributed by atoms with van der Waals surface area (Å²) in [5.74, 6) is 0. The van der Waals surface area contributed by atoms with Crippen LogP contribution in [0.15, 0.2) is 110 Å². The molecule has 0 saturated heterocycles. The first-order valence-electron chi connectivity index (χ1n) is 14.3. The van der Waals surface area contributed by atoms with Gasteiger partial charge in [-0.1, -0.05) is 85.5 Å². The third kappa shape index (κ3) is 2.46. The Balaban J connectivity index is 1.43. The Hall–Kier alpha value is -5.34. The molecule has 0 bridgehead atoms. The summed E-state index contributed by atoms with van der Waals surface area (Å²) in [6.45, 7) is 6.20. The van der Waals surface area contributed by atoms with Gasteiger partial charge < -0.3 is 8.80 Å². The van der Waals surface area contributed by atoms with Crippen LogP contribution in [0, 0.1) is 0 Å². The number of rotatable bonds is 2. The fourth-order valence-corrected chi connectivity index (χ4v) is 7.71. The number of para-hydroxylation sites is 2. The molecule has 2 heteroatoms. The number of fused-ring (bicyclic) bond motifs is 13. The average molecular weight is 521 g/mol. The molecule has 0 N–H and O–H groups in total. The zero-order valence-corrected chi connectivity index (χ0v) is 22.6. The molecule has 6 aromatic carbocycles. The van der Waals surface area contributed by atoms with Crippen molar-refractivity contribution in [2.24, 2.45) is 0 Å². The Morgan fingerprint density at radius 1 is 0.488 bits per heavy atom. The van der Waals surface area contributed by atoms with E-state index in [9.17, 15) is 0 Å². The topological polar surface area (TPSA) is 8.82 Å². The van der Waals surface area contributed by atoms with Gasteiger partial charge in [-0.2, -0.15) is 0 Å². The second kappa shape index (κ2) is 7.24. The molecule has 4 aromatic heterocycles. The molecule has 0 aliphatic carbocycles. The smallest absolute Gasteiger partial charge is 0.0620 e. The van der Waals surface area contributed by atoms with Gasteiger partial charge in [0.15, 0.2) is 0 Å². The Labute approximate surface area is 235 Å². The lowest BCUT2D eigenvalue weighted by Crippen LogP contribution is -1.86. The largest absolute Gasteiger partial charge is 0.308 e. The highest BCUT2D eigenvalue weighted by atomic mass is 14.9. The first kappa shape index (κ1) is 21.5. The van der Waals surface area contributed by atoms with Crippen LogP contribution < -0.4 is 0 Å². The molecule has 0 saturated carbocycles. The molecule has 10 rings (SSSR count). The maximum absolute atomic E-state index is 4.13. The van der Waals surface area contributed by atoms with E-state index >= 15 is 0 Å². The third-order valence-electron chi connectivity index (χ3n) is 9.39. The standard InChI is InChI=1S/C39H24N2/c1-3-9-23-16-30-26-12-7-14-28-32-21-37-33(20-36(32)40(38(26)28)34(30)18-22(23)4-2)29-15-8-13-27-31-17-24-10-5-6-11-25(24)19-35(31)41(37)39(27)29/h3-21H,2H2,1H3/b9-3-. The first-order valence-corrected chi connectivity index (χ1v) is 14.3. The van der Waals surface area contributed by atoms with E-state index in [4.69, 9.17) is 0 Å². The van der Waals surface area contributed by atoms with Gasteiger partial charge in [0.25, 0.3) is 0 Å². The van der Waals surface area contributed by atoms with Crippen LogP contribution in [-0.4, -0.2) is 8.80 Å². The van der Waals surface area contributed by atoms with Gasteiger partial charge in [-0.15, -0.1) is 0 Å². The molecule has 190 valence electrons. The number of hydrogen-bond acceptors (Lipinski definition) is 0. The van der Waals surface area contributed by atoms with Crippen molar-refractivity contribution in [2.75, 3.05) is 0 Å². The van der Waals surface area contributed by atoms with E-state index in [0.29, 0.717) is 0 Å². The minimum Gasteiger partial charge on any atom is -0.308 e. The normalized spacial score (nSPS) is 13.0. The maximum atomic E-state index is 4.13. The summed E-state index contributed by atoms with van der Waals surface area (Å²) in [6.07, 6.45) is 6.26. The van der Waals surface area contributed by atoms with Gasteiger partial charge in [0.2, 0.25) is 0 Å². The number of aromatic nitrogens is 2. The highest BCUT2D eigenvalue weighted by Crippen LogP contribution is 2.45. The molecule has 0 radical (unpaired) electrons. The summed E-state index contributed by atoms with van der Waals surface area (Å²) in [4.78, 5) is 0. The molecular formula is C39H24N2. The highest BCUT2D eigenvalue weighted by Gasteiger charge is 2.22. The van der Waals surface area contributed by atoms with Crippen LogP contribution >= 0.6 is 0 Å². The van der Waals surface area contributed by atoms with Crippen molar-refractivity contribution in [3.63, 3.8) is 0 Å². The fraction of sp³-hybridized carbons (Fsp3) is 0.0256. The molecule has 2 nitrogen and oxygen atoms in total. The van der Waals surface area contributed by atoms with Crippen molar-refractivity contribution in [3.05, 3.63) is 121 Å². The maximum Gasteiger partial charge on any atom is 0.0620 e. The molecule has 0 atom stereocenters. The van der Waals surface area contributed by atoms with Crippen molar-refractivity contribution in [3.8, 4) is 0 Å². The second-order valence-corrected chi connectivity index (χ2v) is 11.4. The van der Waals surface area contributed by atoms with E-state index in [1.54, 1.807) is 0 Å². The second-order valence-electron chi connectivity index (χ2n) is 11.4.